The van der Waals surface area contributed by atoms with E-state index in [1.54, 1.807) is 4.52 Å². The Labute approximate surface area is 144 Å². The summed E-state index contributed by atoms with van der Waals surface area (Å²) in [5.41, 5.74) is 2.80. The van der Waals surface area contributed by atoms with E-state index in [9.17, 15) is 0 Å². The maximum atomic E-state index is 6.23. The first kappa shape index (κ1) is 14.9. The molecule has 0 aliphatic heterocycles. The minimum atomic E-state index is 0.542. The van der Waals surface area contributed by atoms with Crippen LogP contribution in [0.3, 0.4) is 0 Å². The Balaban J connectivity index is 1.66. The van der Waals surface area contributed by atoms with Crippen LogP contribution >= 0.6 is 11.6 Å². The van der Waals surface area contributed by atoms with Crippen LogP contribution in [0.5, 0.6) is 0 Å². The third-order valence-electron chi connectivity index (χ3n) is 4.13. The van der Waals surface area contributed by atoms with E-state index in [4.69, 9.17) is 11.6 Å². The molecule has 6 heteroatoms. The first-order valence-corrected chi connectivity index (χ1v) is 8.11. The monoisotopic (exact) mass is 337 g/mol. The first-order valence-electron chi connectivity index (χ1n) is 7.73. The lowest BCUT2D eigenvalue weighted by atomic mass is 10.0. The molecule has 4 rings (SSSR count). The van der Waals surface area contributed by atoms with Gasteiger partial charge < -0.3 is 5.32 Å². The summed E-state index contributed by atoms with van der Waals surface area (Å²) < 4.78 is 1.67. The third-order valence-corrected chi connectivity index (χ3v) is 4.67. The Morgan fingerprint density at radius 3 is 2.71 bits per heavy atom. The SMILES string of the molecule is Cc1nc2nc(NCc3cccc4ccccc34)nn2c(C)c1Cl. The average molecular weight is 338 g/mol. The number of benzene rings is 2. The fourth-order valence-electron chi connectivity index (χ4n) is 2.85. The van der Waals surface area contributed by atoms with E-state index in [2.05, 4.69) is 50.7 Å². The molecule has 120 valence electrons. The number of rotatable bonds is 3. The molecule has 2 aromatic carbocycles. The van der Waals surface area contributed by atoms with Gasteiger partial charge in [0.05, 0.1) is 16.4 Å². The van der Waals surface area contributed by atoms with E-state index in [1.165, 1.54) is 16.3 Å². The summed E-state index contributed by atoms with van der Waals surface area (Å²) in [6, 6.07) is 14.6. The quantitative estimate of drug-likeness (QED) is 0.610. The second-order valence-corrected chi connectivity index (χ2v) is 6.11. The highest BCUT2D eigenvalue weighted by molar-refractivity contribution is 6.31. The number of aromatic nitrogens is 4. The van der Waals surface area contributed by atoms with Gasteiger partial charge in [-0.2, -0.15) is 9.50 Å². The van der Waals surface area contributed by atoms with Crippen LogP contribution in [0, 0.1) is 13.8 Å². The molecule has 4 aromatic rings. The molecular weight excluding hydrogens is 322 g/mol. The van der Waals surface area contributed by atoms with Crippen LogP contribution in [0.4, 0.5) is 5.95 Å². The molecule has 0 spiro atoms. The van der Waals surface area contributed by atoms with Crippen molar-refractivity contribution in [3.05, 3.63) is 64.4 Å². The maximum absolute atomic E-state index is 6.23. The van der Waals surface area contributed by atoms with Crippen molar-refractivity contribution < 1.29 is 0 Å². The zero-order valence-electron chi connectivity index (χ0n) is 13.4. The number of fused-ring (bicyclic) bond motifs is 2. The number of hydrogen-bond donors (Lipinski definition) is 1. The van der Waals surface area contributed by atoms with Gasteiger partial charge in [-0.3, -0.25) is 0 Å². The lowest BCUT2D eigenvalue weighted by Crippen LogP contribution is -2.02. The summed E-state index contributed by atoms with van der Waals surface area (Å²) in [5.74, 6) is 1.09. The number of nitrogens with one attached hydrogen (secondary N) is 1. The number of nitrogens with zero attached hydrogens (tertiary/aromatic N) is 4. The first-order chi connectivity index (χ1) is 11.6. The van der Waals surface area contributed by atoms with Crippen LogP contribution < -0.4 is 5.32 Å². The van der Waals surface area contributed by atoms with Crippen LogP contribution in [0.2, 0.25) is 5.02 Å². The predicted molar refractivity (Wildman–Crippen MR) is 96.5 cm³/mol. The van der Waals surface area contributed by atoms with Crippen molar-refractivity contribution in [1.29, 1.82) is 0 Å². The topological polar surface area (TPSA) is 55.1 Å². The average Bonchev–Trinajstić information content (AvgIpc) is 3.01. The summed E-state index contributed by atoms with van der Waals surface area (Å²) in [5, 5.41) is 10.8. The molecular formula is C18H16ClN5. The molecule has 0 amide bonds. The van der Waals surface area contributed by atoms with Gasteiger partial charge in [-0.15, -0.1) is 5.10 Å². The zero-order valence-corrected chi connectivity index (χ0v) is 14.2. The number of halogens is 1. The van der Waals surface area contributed by atoms with Gasteiger partial charge in [-0.1, -0.05) is 54.1 Å². The van der Waals surface area contributed by atoms with Gasteiger partial charge in [0.15, 0.2) is 0 Å². The van der Waals surface area contributed by atoms with Crippen LogP contribution in [0.1, 0.15) is 17.0 Å². The van der Waals surface area contributed by atoms with Crippen molar-refractivity contribution >= 4 is 34.1 Å². The molecule has 5 nitrogen and oxygen atoms in total. The molecule has 0 aliphatic carbocycles. The maximum Gasteiger partial charge on any atom is 0.254 e. The lowest BCUT2D eigenvalue weighted by molar-refractivity contribution is 0.883. The zero-order chi connectivity index (χ0) is 16.7. The summed E-state index contributed by atoms with van der Waals surface area (Å²) in [7, 11) is 0. The normalized spacial score (nSPS) is 11.3. The van der Waals surface area contributed by atoms with E-state index in [0.717, 1.165) is 11.4 Å². The van der Waals surface area contributed by atoms with E-state index in [0.29, 0.717) is 23.3 Å². The largest absolute Gasteiger partial charge is 0.349 e. The number of hydrogen-bond acceptors (Lipinski definition) is 4. The Bertz CT molecular complexity index is 1050. The molecule has 0 atom stereocenters. The van der Waals surface area contributed by atoms with Gasteiger partial charge >= 0.3 is 0 Å². The second kappa shape index (κ2) is 5.76. The van der Waals surface area contributed by atoms with Crippen LogP contribution in [-0.2, 0) is 6.54 Å². The van der Waals surface area contributed by atoms with Crippen LogP contribution in [-0.4, -0.2) is 19.6 Å². The number of anilines is 1. The van der Waals surface area contributed by atoms with E-state index < -0.39 is 0 Å². The Morgan fingerprint density at radius 2 is 1.83 bits per heavy atom. The molecule has 2 aromatic heterocycles. The molecule has 0 saturated carbocycles. The van der Waals surface area contributed by atoms with E-state index >= 15 is 0 Å². The summed E-state index contributed by atoms with van der Waals surface area (Å²) >= 11 is 6.23. The fourth-order valence-corrected chi connectivity index (χ4v) is 2.97. The van der Waals surface area contributed by atoms with Crippen molar-refractivity contribution in [3.8, 4) is 0 Å². The van der Waals surface area contributed by atoms with Gasteiger partial charge in [0.1, 0.15) is 0 Å². The molecule has 0 aliphatic rings. The molecule has 1 N–H and O–H groups in total. The standard InChI is InChI=1S/C18H16ClN5/c1-11-16(19)12(2)24-18(21-11)22-17(23-24)20-10-14-8-5-7-13-6-3-4-9-15(13)14/h3-9H,10H2,1-2H3,(H,20,23). The van der Waals surface area contributed by atoms with E-state index in [-0.39, 0.29) is 0 Å². The Morgan fingerprint density at radius 1 is 1.04 bits per heavy atom. The van der Waals surface area contributed by atoms with Gasteiger partial charge in [0.25, 0.3) is 5.78 Å². The molecule has 24 heavy (non-hydrogen) atoms. The van der Waals surface area contributed by atoms with Gasteiger partial charge in [0, 0.05) is 6.54 Å². The summed E-state index contributed by atoms with van der Waals surface area (Å²) in [6.45, 7) is 4.42. The summed E-state index contributed by atoms with van der Waals surface area (Å²) in [4.78, 5) is 8.82. The molecule has 0 radical (unpaired) electrons. The smallest absolute Gasteiger partial charge is 0.254 e. The van der Waals surface area contributed by atoms with Crippen molar-refractivity contribution in [2.45, 2.75) is 20.4 Å². The Hall–Kier alpha value is -2.66. The third kappa shape index (κ3) is 2.47. The Kier molecular flexibility index (Phi) is 3.58. The van der Waals surface area contributed by atoms with Gasteiger partial charge in [0.2, 0.25) is 5.95 Å². The number of aryl methyl sites for hydroxylation is 2. The van der Waals surface area contributed by atoms with Gasteiger partial charge in [-0.05, 0) is 30.2 Å². The molecule has 0 unspecified atom stereocenters. The van der Waals surface area contributed by atoms with Gasteiger partial charge in [-0.25, -0.2) is 4.98 Å². The van der Waals surface area contributed by atoms with Crippen molar-refractivity contribution in [2.24, 2.45) is 0 Å². The fraction of sp³-hybridized carbons (Fsp3) is 0.167. The predicted octanol–water partition coefficient (Wildman–Crippen LogP) is 4.16. The van der Waals surface area contributed by atoms with Crippen molar-refractivity contribution in [3.63, 3.8) is 0 Å². The minimum Gasteiger partial charge on any atom is -0.349 e. The highest BCUT2D eigenvalue weighted by Crippen LogP contribution is 2.21. The molecule has 0 fully saturated rings. The van der Waals surface area contributed by atoms with Crippen LogP contribution in [0.15, 0.2) is 42.5 Å². The second-order valence-electron chi connectivity index (χ2n) is 5.74. The van der Waals surface area contributed by atoms with Crippen LogP contribution in [0.25, 0.3) is 16.6 Å². The highest BCUT2D eigenvalue weighted by Gasteiger charge is 2.12. The van der Waals surface area contributed by atoms with Crippen molar-refractivity contribution in [2.75, 3.05) is 5.32 Å². The highest BCUT2D eigenvalue weighted by atomic mass is 35.5. The van der Waals surface area contributed by atoms with E-state index in [1.807, 2.05) is 26.0 Å². The molecule has 2 heterocycles. The minimum absolute atomic E-state index is 0.542. The molecule has 0 bridgehead atoms. The lowest BCUT2D eigenvalue weighted by Gasteiger charge is -2.06. The summed E-state index contributed by atoms with van der Waals surface area (Å²) in [6.07, 6.45) is 0. The van der Waals surface area contributed by atoms with Crippen molar-refractivity contribution in [1.82, 2.24) is 19.6 Å². The molecule has 0 saturated heterocycles.